The average Bonchev–Trinajstić information content (AvgIpc) is 3.34. The minimum atomic E-state index is -1.32. The number of aliphatic hydroxyl groups is 1. The Kier molecular flexibility index (Phi) is 7.81. The highest BCUT2D eigenvalue weighted by molar-refractivity contribution is 6.31. The molecule has 7 nitrogen and oxygen atoms in total. The van der Waals surface area contributed by atoms with Gasteiger partial charge in [-0.2, -0.15) is 0 Å². The third-order valence-corrected chi connectivity index (χ3v) is 10.5. The Bertz CT molecular complexity index is 1760. The number of benzene rings is 3. The molecule has 3 aromatic carbocycles. The number of allylic oxidation sites excluding steroid dienone is 4. The quantitative estimate of drug-likeness (QED) is 0.273. The van der Waals surface area contributed by atoms with Crippen LogP contribution in [0.25, 0.3) is 5.57 Å². The number of hydrogen-bond donors (Lipinski definition) is 1. The van der Waals surface area contributed by atoms with Crippen molar-refractivity contribution in [3.63, 3.8) is 0 Å². The van der Waals surface area contributed by atoms with Gasteiger partial charge in [-0.05, 0) is 48.4 Å². The van der Waals surface area contributed by atoms with Crippen LogP contribution < -0.4 is 4.74 Å². The molecule has 4 aliphatic rings. The van der Waals surface area contributed by atoms with Crippen LogP contribution in [0.1, 0.15) is 48.8 Å². The van der Waals surface area contributed by atoms with Crippen LogP contribution >= 0.6 is 0 Å². The van der Waals surface area contributed by atoms with E-state index in [1.807, 2.05) is 91.9 Å². The predicted molar refractivity (Wildman–Crippen MR) is 173 cm³/mol. The predicted octanol–water partition coefficient (Wildman–Crippen LogP) is 5.29. The van der Waals surface area contributed by atoms with E-state index in [9.17, 15) is 19.5 Å². The smallest absolute Gasteiger partial charge is 0.233 e. The lowest BCUT2D eigenvalue weighted by atomic mass is 9.44. The van der Waals surface area contributed by atoms with Gasteiger partial charge in [0.05, 0.1) is 23.9 Å². The molecule has 0 radical (unpaired) electrons. The number of aliphatic hydroxyl groups excluding tert-OH is 1. The lowest BCUT2D eigenvalue weighted by molar-refractivity contribution is -0.140. The van der Waals surface area contributed by atoms with Crippen molar-refractivity contribution < 1.29 is 29.0 Å². The molecule has 3 aliphatic carbocycles. The van der Waals surface area contributed by atoms with Crippen LogP contribution in [0.2, 0.25) is 0 Å². The van der Waals surface area contributed by atoms with Crippen molar-refractivity contribution in [3.05, 3.63) is 119 Å². The molecule has 1 saturated heterocycles. The zero-order chi connectivity index (χ0) is 32.0. The van der Waals surface area contributed by atoms with Gasteiger partial charge in [0.25, 0.3) is 0 Å². The first-order valence-corrected chi connectivity index (χ1v) is 16.2. The van der Waals surface area contributed by atoms with E-state index in [4.69, 9.17) is 4.74 Å². The molecule has 7 rings (SSSR count). The highest BCUT2D eigenvalue weighted by atomic mass is 16.5. The summed E-state index contributed by atoms with van der Waals surface area (Å²) >= 11 is 0. The standard InChI is InChI=1S/C39H37NO6/c1-2-19-40-37(44)28-18-17-26-30(34(28)38(40)45)22-31-36(43)29(24-11-5-3-6-12-24)23-33(42)39(31,25-13-7-4-8-14-25)35(26)27-15-9-10-16-32(27)46-21-20-41/h3-17,23,28,30-31,34-35,41H,2,18-22H2,1H3/t28-,30+,31-,34-,35+,39-/m0/s1. The Balaban J connectivity index is 1.50. The van der Waals surface area contributed by atoms with Gasteiger partial charge in [-0.25, -0.2) is 0 Å². The van der Waals surface area contributed by atoms with Crippen molar-refractivity contribution in [2.45, 2.75) is 37.5 Å². The monoisotopic (exact) mass is 615 g/mol. The molecule has 1 saturated carbocycles. The maximum absolute atomic E-state index is 15.1. The Morgan fingerprint density at radius 3 is 2.28 bits per heavy atom. The maximum Gasteiger partial charge on any atom is 0.233 e. The molecule has 2 amide bonds. The molecule has 6 atom stereocenters. The molecular weight excluding hydrogens is 578 g/mol. The largest absolute Gasteiger partial charge is 0.491 e. The molecule has 2 fully saturated rings. The lowest BCUT2D eigenvalue weighted by Gasteiger charge is -2.55. The average molecular weight is 616 g/mol. The molecule has 0 unspecified atom stereocenters. The summed E-state index contributed by atoms with van der Waals surface area (Å²) in [5.74, 6) is -3.09. The SMILES string of the molecule is CCCN1C(=O)[C@H]2[C@H](CC=C3[C@H]2C[C@H]2C(=O)C(c4ccccc4)=CC(=O)[C@@]2(c2ccccc2)[C@H]3c2ccccc2OCCO)C1=O. The molecular formula is C39H37NO6. The van der Waals surface area contributed by atoms with Crippen molar-refractivity contribution >= 4 is 29.0 Å². The van der Waals surface area contributed by atoms with E-state index >= 15 is 4.79 Å². The number of carbonyl (C=O) groups excluding carboxylic acids is 4. The van der Waals surface area contributed by atoms with Gasteiger partial charge >= 0.3 is 0 Å². The summed E-state index contributed by atoms with van der Waals surface area (Å²) in [4.78, 5) is 59.0. The molecule has 1 aliphatic heterocycles. The van der Waals surface area contributed by atoms with Gasteiger partial charge in [-0.1, -0.05) is 97.4 Å². The molecule has 3 aromatic rings. The lowest BCUT2D eigenvalue weighted by Crippen LogP contribution is -2.58. The van der Waals surface area contributed by atoms with Gasteiger partial charge in [-0.15, -0.1) is 0 Å². The number of Topliss-reactive ketones (excluding diaryl/α,β-unsaturated/α-hetero) is 1. The third-order valence-electron chi connectivity index (χ3n) is 10.5. The minimum absolute atomic E-state index is 0.0581. The highest BCUT2D eigenvalue weighted by Crippen LogP contribution is 2.64. The molecule has 1 N–H and O–H groups in total. The topological polar surface area (TPSA) is 101 Å². The number of likely N-dealkylation sites (tertiary alicyclic amines) is 1. The summed E-state index contributed by atoms with van der Waals surface area (Å²) in [6.45, 7) is 2.18. The van der Waals surface area contributed by atoms with Crippen LogP contribution in [-0.4, -0.2) is 53.1 Å². The fourth-order valence-electron chi connectivity index (χ4n) is 8.73. The number of ether oxygens (including phenoxy) is 1. The fraction of sp³-hybridized carbons (Fsp3) is 0.333. The number of carbonyl (C=O) groups is 4. The molecule has 0 spiro atoms. The van der Waals surface area contributed by atoms with Crippen molar-refractivity contribution in [1.82, 2.24) is 4.90 Å². The summed E-state index contributed by atoms with van der Waals surface area (Å²) in [6, 6.07) is 26.2. The van der Waals surface area contributed by atoms with Crippen LogP contribution in [0.3, 0.4) is 0 Å². The number of rotatable bonds is 8. The van der Waals surface area contributed by atoms with Crippen molar-refractivity contribution in [1.29, 1.82) is 0 Å². The van der Waals surface area contributed by atoms with Gasteiger partial charge in [0, 0.05) is 29.5 Å². The maximum atomic E-state index is 15.1. The van der Waals surface area contributed by atoms with Crippen LogP contribution in [0, 0.1) is 23.7 Å². The molecule has 1 heterocycles. The van der Waals surface area contributed by atoms with Crippen molar-refractivity contribution in [2.75, 3.05) is 19.8 Å². The van der Waals surface area contributed by atoms with E-state index in [0.717, 1.165) is 16.7 Å². The Morgan fingerprint density at radius 1 is 0.870 bits per heavy atom. The third kappa shape index (κ3) is 4.43. The van der Waals surface area contributed by atoms with Crippen molar-refractivity contribution in [3.8, 4) is 5.75 Å². The van der Waals surface area contributed by atoms with E-state index in [-0.39, 0.29) is 43.0 Å². The second-order valence-electron chi connectivity index (χ2n) is 12.7. The Hall–Kier alpha value is -4.62. The fourth-order valence-corrected chi connectivity index (χ4v) is 8.73. The van der Waals surface area contributed by atoms with E-state index < -0.39 is 35.0 Å². The van der Waals surface area contributed by atoms with Crippen LogP contribution in [0.4, 0.5) is 0 Å². The minimum Gasteiger partial charge on any atom is -0.491 e. The first-order valence-electron chi connectivity index (χ1n) is 16.2. The highest BCUT2D eigenvalue weighted by Gasteiger charge is 2.66. The normalized spacial score (nSPS) is 28.7. The van der Waals surface area contributed by atoms with E-state index in [1.165, 1.54) is 11.0 Å². The number of amides is 2. The molecule has 234 valence electrons. The van der Waals surface area contributed by atoms with Crippen LogP contribution in [-0.2, 0) is 24.6 Å². The summed E-state index contributed by atoms with van der Waals surface area (Å²) in [7, 11) is 0. The summed E-state index contributed by atoms with van der Waals surface area (Å²) in [5.41, 5.74) is 2.07. The van der Waals surface area contributed by atoms with Gasteiger partial charge in [0.15, 0.2) is 11.6 Å². The number of fused-ring (bicyclic) bond motifs is 4. The number of ketones is 2. The number of nitrogens with zero attached hydrogens (tertiary/aromatic N) is 1. The molecule has 0 bridgehead atoms. The van der Waals surface area contributed by atoms with Crippen LogP contribution in [0.5, 0.6) is 5.75 Å². The molecule has 46 heavy (non-hydrogen) atoms. The first-order chi connectivity index (χ1) is 22.4. The summed E-state index contributed by atoms with van der Waals surface area (Å²) < 4.78 is 6.09. The molecule has 7 heteroatoms. The van der Waals surface area contributed by atoms with E-state index in [1.54, 1.807) is 0 Å². The van der Waals surface area contributed by atoms with Crippen LogP contribution in [0.15, 0.2) is 103 Å². The Labute approximate surface area is 268 Å². The van der Waals surface area contributed by atoms with E-state index in [2.05, 4.69) is 6.08 Å². The second kappa shape index (κ2) is 12.0. The number of imide groups is 1. The first kappa shape index (κ1) is 30.1. The molecule has 0 aromatic heterocycles. The number of para-hydroxylation sites is 1. The zero-order valence-corrected chi connectivity index (χ0v) is 25.8. The zero-order valence-electron chi connectivity index (χ0n) is 25.8. The van der Waals surface area contributed by atoms with Crippen molar-refractivity contribution in [2.24, 2.45) is 23.7 Å². The number of hydrogen-bond acceptors (Lipinski definition) is 6. The Morgan fingerprint density at radius 2 is 1.57 bits per heavy atom. The van der Waals surface area contributed by atoms with Gasteiger partial charge < -0.3 is 9.84 Å². The van der Waals surface area contributed by atoms with Gasteiger partial charge in [-0.3, -0.25) is 24.1 Å². The second-order valence-corrected chi connectivity index (χ2v) is 12.7. The summed E-state index contributed by atoms with van der Waals surface area (Å²) in [5, 5.41) is 9.65. The van der Waals surface area contributed by atoms with Gasteiger partial charge in [0.2, 0.25) is 11.8 Å². The van der Waals surface area contributed by atoms with E-state index in [0.29, 0.717) is 36.3 Å². The van der Waals surface area contributed by atoms with Gasteiger partial charge in [0.1, 0.15) is 12.4 Å². The summed E-state index contributed by atoms with van der Waals surface area (Å²) in [6.07, 6.45) is 4.91.